The topological polar surface area (TPSA) is 47.4 Å². The molecular formula is C13H18F3N3O2. The third-order valence-electron chi connectivity index (χ3n) is 3.34. The van der Waals surface area contributed by atoms with Crippen molar-refractivity contribution in [2.24, 2.45) is 7.05 Å². The number of amides is 1. The van der Waals surface area contributed by atoms with E-state index in [0.717, 1.165) is 4.90 Å². The zero-order valence-corrected chi connectivity index (χ0v) is 12.0. The molecule has 1 atom stereocenters. The summed E-state index contributed by atoms with van der Waals surface area (Å²) in [4.78, 5) is 13.0. The summed E-state index contributed by atoms with van der Waals surface area (Å²) < 4.78 is 44.8. The third-order valence-corrected chi connectivity index (χ3v) is 3.34. The van der Waals surface area contributed by atoms with Crippen LogP contribution in [0.15, 0.2) is 6.07 Å². The minimum Gasteiger partial charge on any atom is -0.368 e. The van der Waals surface area contributed by atoms with Gasteiger partial charge in [0.2, 0.25) is 0 Å². The number of aryl methyl sites for hydroxylation is 2. The zero-order chi connectivity index (χ0) is 15.6. The molecule has 1 aromatic rings. The Morgan fingerprint density at radius 1 is 1.57 bits per heavy atom. The molecule has 5 nitrogen and oxygen atoms in total. The minimum absolute atomic E-state index is 0.129. The van der Waals surface area contributed by atoms with Crippen LogP contribution in [0.25, 0.3) is 0 Å². The first kappa shape index (κ1) is 15.8. The highest BCUT2D eigenvalue weighted by Crippen LogP contribution is 2.22. The summed E-state index contributed by atoms with van der Waals surface area (Å²) in [6, 6.07) is 1.67. The summed E-state index contributed by atoms with van der Waals surface area (Å²) >= 11 is 0. The highest BCUT2D eigenvalue weighted by molar-refractivity contribution is 5.81. The first-order valence-electron chi connectivity index (χ1n) is 6.73. The van der Waals surface area contributed by atoms with Gasteiger partial charge in [-0.1, -0.05) is 0 Å². The van der Waals surface area contributed by atoms with E-state index in [0.29, 0.717) is 30.8 Å². The molecule has 2 heterocycles. The number of hydrogen-bond acceptors (Lipinski definition) is 3. The molecular weight excluding hydrogens is 287 g/mol. The summed E-state index contributed by atoms with van der Waals surface area (Å²) in [6.45, 7) is 0.756. The van der Waals surface area contributed by atoms with Crippen LogP contribution in [0, 0.1) is 6.92 Å². The number of alkyl halides is 3. The molecule has 2 rings (SSSR count). The monoisotopic (exact) mass is 305 g/mol. The normalized spacial score (nSPS) is 19.0. The molecule has 1 aliphatic heterocycles. The Bertz CT molecular complexity index is 507. The second-order valence-electron chi connectivity index (χ2n) is 5.21. The van der Waals surface area contributed by atoms with Crippen LogP contribution in [0.5, 0.6) is 0 Å². The van der Waals surface area contributed by atoms with Gasteiger partial charge in [-0.05, 0) is 25.8 Å². The Morgan fingerprint density at radius 2 is 2.29 bits per heavy atom. The lowest BCUT2D eigenvalue weighted by Gasteiger charge is -2.26. The van der Waals surface area contributed by atoms with Crippen molar-refractivity contribution < 1.29 is 22.7 Å². The van der Waals surface area contributed by atoms with Crippen LogP contribution >= 0.6 is 0 Å². The van der Waals surface area contributed by atoms with Crippen molar-refractivity contribution >= 4 is 5.91 Å². The van der Waals surface area contributed by atoms with E-state index in [9.17, 15) is 18.0 Å². The molecule has 21 heavy (non-hydrogen) atoms. The summed E-state index contributed by atoms with van der Waals surface area (Å²) in [6.07, 6.45) is -4.04. The smallest absolute Gasteiger partial charge is 0.368 e. The Hall–Kier alpha value is -1.57. The summed E-state index contributed by atoms with van der Waals surface area (Å²) in [5.74, 6) is -0.608. The lowest BCUT2D eigenvalue weighted by molar-refractivity contribution is -0.168. The number of carbonyl (C=O) groups excluding carboxylic acids is 1. The number of ether oxygens (including phenoxy) is 1. The molecule has 0 spiro atoms. The minimum atomic E-state index is -4.44. The van der Waals surface area contributed by atoms with Crippen LogP contribution in [-0.4, -0.2) is 46.0 Å². The molecule has 0 bridgehead atoms. The number of rotatable bonds is 4. The van der Waals surface area contributed by atoms with Crippen molar-refractivity contribution in [3.8, 4) is 0 Å². The van der Waals surface area contributed by atoms with Crippen molar-refractivity contribution in [2.75, 3.05) is 13.2 Å². The maximum absolute atomic E-state index is 12.7. The van der Waals surface area contributed by atoms with Gasteiger partial charge in [-0.3, -0.25) is 9.48 Å². The van der Waals surface area contributed by atoms with E-state index >= 15 is 0 Å². The third kappa shape index (κ3) is 4.20. The quantitative estimate of drug-likeness (QED) is 0.852. The molecule has 1 fully saturated rings. The van der Waals surface area contributed by atoms with Crippen LogP contribution < -0.4 is 0 Å². The summed E-state index contributed by atoms with van der Waals surface area (Å²) in [5.41, 5.74) is 1.26. The molecule has 0 radical (unpaired) electrons. The number of halogens is 3. The van der Waals surface area contributed by atoms with Gasteiger partial charge >= 0.3 is 6.18 Å². The molecule has 8 heteroatoms. The molecule has 0 N–H and O–H groups in total. The van der Waals surface area contributed by atoms with E-state index < -0.39 is 24.7 Å². The van der Waals surface area contributed by atoms with Gasteiger partial charge in [0.1, 0.15) is 12.6 Å². The van der Waals surface area contributed by atoms with Crippen molar-refractivity contribution in [1.82, 2.24) is 14.7 Å². The number of nitrogens with zero attached hydrogens (tertiary/aromatic N) is 3. The van der Waals surface area contributed by atoms with Crippen LogP contribution in [0.1, 0.15) is 24.2 Å². The van der Waals surface area contributed by atoms with Gasteiger partial charge in [-0.25, -0.2) is 0 Å². The predicted octanol–water partition coefficient (Wildman–Crippen LogP) is 1.80. The van der Waals surface area contributed by atoms with Gasteiger partial charge in [-0.15, -0.1) is 0 Å². The zero-order valence-electron chi connectivity index (χ0n) is 12.0. The first-order chi connectivity index (χ1) is 9.76. The van der Waals surface area contributed by atoms with Crippen molar-refractivity contribution in [3.05, 3.63) is 17.5 Å². The van der Waals surface area contributed by atoms with E-state index in [1.165, 1.54) is 4.68 Å². The predicted molar refractivity (Wildman–Crippen MR) is 68.4 cm³/mol. The number of carbonyl (C=O) groups is 1. The largest absolute Gasteiger partial charge is 0.406 e. The Morgan fingerprint density at radius 3 is 2.76 bits per heavy atom. The maximum atomic E-state index is 12.7. The second kappa shape index (κ2) is 6.05. The van der Waals surface area contributed by atoms with E-state index in [4.69, 9.17) is 4.74 Å². The average Bonchev–Trinajstić information content (AvgIpc) is 2.96. The lowest BCUT2D eigenvalue weighted by Crippen LogP contribution is -2.43. The van der Waals surface area contributed by atoms with Crippen LogP contribution in [0.2, 0.25) is 0 Å². The van der Waals surface area contributed by atoms with Gasteiger partial charge in [0.05, 0.1) is 17.9 Å². The van der Waals surface area contributed by atoms with Crippen LogP contribution in [0.4, 0.5) is 13.2 Å². The molecule has 0 unspecified atom stereocenters. The van der Waals surface area contributed by atoms with Gasteiger partial charge in [0, 0.05) is 13.7 Å². The van der Waals surface area contributed by atoms with Crippen LogP contribution in [-0.2, 0) is 23.1 Å². The Labute approximate surface area is 120 Å². The van der Waals surface area contributed by atoms with Gasteiger partial charge in [0.25, 0.3) is 5.91 Å². The molecule has 0 saturated carbocycles. The fraction of sp³-hybridized carbons (Fsp3) is 0.692. The fourth-order valence-corrected chi connectivity index (χ4v) is 2.41. The lowest BCUT2D eigenvalue weighted by atomic mass is 10.2. The Balaban J connectivity index is 2.15. The highest BCUT2D eigenvalue weighted by atomic mass is 19.4. The Kier molecular flexibility index (Phi) is 4.55. The van der Waals surface area contributed by atoms with Crippen molar-refractivity contribution in [3.63, 3.8) is 0 Å². The average molecular weight is 305 g/mol. The standard InChI is InChI=1S/C13H18F3N3O2/c1-9-6-10(18(2)17-9)7-19(8-13(14,15)16)12(20)11-4-3-5-21-11/h6,11H,3-5,7-8H2,1-2H3/t11-/m0/s1. The number of hydrogen-bond donors (Lipinski definition) is 0. The molecule has 1 saturated heterocycles. The van der Waals surface area contributed by atoms with Gasteiger partial charge in [-0.2, -0.15) is 18.3 Å². The fourth-order valence-electron chi connectivity index (χ4n) is 2.41. The molecule has 1 aromatic heterocycles. The van der Waals surface area contributed by atoms with E-state index in [2.05, 4.69) is 5.10 Å². The van der Waals surface area contributed by atoms with E-state index in [1.807, 2.05) is 0 Å². The molecule has 0 aliphatic carbocycles. The molecule has 118 valence electrons. The molecule has 0 aromatic carbocycles. The molecule has 1 amide bonds. The summed E-state index contributed by atoms with van der Waals surface area (Å²) in [5, 5.41) is 4.08. The maximum Gasteiger partial charge on any atom is 0.406 e. The van der Waals surface area contributed by atoms with Gasteiger partial charge in [0.15, 0.2) is 0 Å². The van der Waals surface area contributed by atoms with E-state index in [1.54, 1.807) is 20.0 Å². The summed E-state index contributed by atoms with van der Waals surface area (Å²) in [7, 11) is 1.64. The van der Waals surface area contributed by atoms with Crippen molar-refractivity contribution in [1.29, 1.82) is 0 Å². The second-order valence-corrected chi connectivity index (χ2v) is 5.21. The molecule has 1 aliphatic rings. The van der Waals surface area contributed by atoms with Gasteiger partial charge < -0.3 is 9.64 Å². The number of aromatic nitrogens is 2. The highest BCUT2D eigenvalue weighted by Gasteiger charge is 2.37. The SMILES string of the molecule is Cc1cc(CN(CC(F)(F)F)C(=O)[C@@H]2CCCO2)n(C)n1. The first-order valence-corrected chi connectivity index (χ1v) is 6.73. The van der Waals surface area contributed by atoms with Crippen LogP contribution in [0.3, 0.4) is 0 Å². The van der Waals surface area contributed by atoms with Crippen molar-refractivity contribution in [2.45, 2.75) is 38.6 Å². The van der Waals surface area contributed by atoms with E-state index in [-0.39, 0.29) is 6.54 Å².